The number of aryl methyl sites for hydroxylation is 3. The van der Waals surface area contributed by atoms with Gasteiger partial charge in [-0.2, -0.15) is 0 Å². The van der Waals surface area contributed by atoms with Gasteiger partial charge in [-0.3, -0.25) is 4.79 Å². The van der Waals surface area contributed by atoms with E-state index in [-0.39, 0.29) is 11.9 Å². The molecule has 0 aliphatic carbocycles. The Morgan fingerprint density at radius 3 is 2.31 bits per heavy atom. The molecule has 134 valence electrons. The van der Waals surface area contributed by atoms with Crippen LogP contribution in [0, 0.1) is 13.8 Å². The van der Waals surface area contributed by atoms with Crippen molar-refractivity contribution in [1.29, 1.82) is 0 Å². The number of carbonyl (C=O) groups excluding carboxylic acids is 1. The van der Waals surface area contributed by atoms with Crippen LogP contribution in [0.1, 0.15) is 51.8 Å². The molecule has 3 rings (SSSR count). The molecule has 1 heterocycles. The zero-order chi connectivity index (χ0) is 18.4. The van der Waals surface area contributed by atoms with Crippen molar-refractivity contribution in [3.8, 4) is 0 Å². The predicted octanol–water partition coefficient (Wildman–Crippen LogP) is 4.79. The molecule has 4 heteroatoms. The van der Waals surface area contributed by atoms with Crippen LogP contribution in [0.3, 0.4) is 0 Å². The Hall–Kier alpha value is -2.88. The Labute approximate surface area is 154 Å². The molecule has 4 nitrogen and oxygen atoms in total. The fourth-order valence-corrected chi connectivity index (χ4v) is 3.20. The Kier molecular flexibility index (Phi) is 5.84. The number of rotatable bonds is 7. The molecule has 0 aliphatic rings. The van der Waals surface area contributed by atoms with Crippen LogP contribution in [0.4, 0.5) is 0 Å². The monoisotopic (exact) mass is 348 g/mol. The maximum atomic E-state index is 12.8. The topological polar surface area (TPSA) is 55.1 Å². The van der Waals surface area contributed by atoms with Crippen molar-refractivity contribution in [3.63, 3.8) is 0 Å². The average Bonchev–Trinajstić information content (AvgIpc) is 3.01. The summed E-state index contributed by atoms with van der Waals surface area (Å²) in [6.45, 7) is 3.56. The van der Waals surface area contributed by atoms with Crippen molar-refractivity contribution in [2.45, 2.75) is 39.2 Å². The third-order valence-electron chi connectivity index (χ3n) is 4.57. The molecule has 0 radical (unpaired) electrons. The summed E-state index contributed by atoms with van der Waals surface area (Å²) in [5, 5.41) is 7.05. The third-order valence-corrected chi connectivity index (χ3v) is 4.57. The Morgan fingerprint density at radius 2 is 1.69 bits per heavy atom. The van der Waals surface area contributed by atoms with Crippen LogP contribution >= 0.6 is 0 Å². The van der Waals surface area contributed by atoms with Crippen LogP contribution in [-0.4, -0.2) is 11.1 Å². The van der Waals surface area contributed by atoms with Crippen molar-refractivity contribution in [2.75, 3.05) is 0 Å². The number of amides is 1. The molecule has 1 amide bonds. The Balaban J connectivity index is 1.70. The van der Waals surface area contributed by atoms with E-state index in [2.05, 4.69) is 46.9 Å². The number of hydrogen-bond acceptors (Lipinski definition) is 3. The quantitative estimate of drug-likeness (QED) is 0.668. The first kappa shape index (κ1) is 17.9. The second kappa shape index (κ2) is 8.48. The maximum Gasteiger partial charge on any atom is 0.257 e. The van der Waals surface area contributed by atoms with Crippen LogP contribution in [0.2, 0.25) is 0 Å². The van der Waals surface area contributed by atoms with Crippen LogP contribution in [0.25, 0.3) is 0 Å². The highest BCUT2D eigenvalue weighted by Gasteiger charge is 2.21. The predicted molar refractivity (Wildman–Crippen MR) is 102 cm³/mol. The smallest absolute Gasteiger partial charge is 0.257 e. The first-order valence-electron chi connectivity index (χ1n) is 8.97. The SMILES string of the molecule is Cc1noc(C)c1C(=O)NC(CCCc1ccccc1)c1ccccc1. The van der Waals surface area contributed by atoms with Crippen LogP contribution in [-0.2, 0) is 6.42 Å². The minimum Gasteiger partial charge on any atom is -0.361 e. The second-order valence-corrected chi connectivity index (χ2v) is 6.51. The third kappa shape index (κ3) is 4.39. The zero-order valence-corrected chi connectivity index (χ0v) is 15.2. The molecular formula is C22H24N2O2. The van der Waals surface area contributed by atoms with Gasteiger partial charge in [0, 0.05) is 0 Å². The number of nitrogens with one attached hydrogen (secondary N) is 1. The normalized spacial score (nSPS) is 11.9. The maximum absolute atomic E-state index is 12.8. The Morgan fingerprint density at radius 1 is 1.04 bits per heavy atom. The standard InChI is InChI=1S/C22H24N2O2/c1-16-21(17(2)26-24-16)22(25)23-20(19-13-7-4-8-14-19)15-9-12-18-10-5-3-6-11-18/h3-8,10-11,13-14,20H,9,12,15H2,1-2H3,(H,23,25). The molecule has 0 saturated heterocycles. The van der Waals surface area contributed by atoms with Gasteiger partial charge in [-0.15, -0.1) is 0 Å². The van der Waals surface area contributed by atoms with Gasteiger partial charge in [-0.05, 0) is 44.2 Å². The zero-order valence-electron chi connectivity index (χ0n) is 15.2. The molecule has 0 spiro atoms. The minimum absolute atomic E-state index is 0.0406. The molecule has 1 unspecified atom stereocenters. The highest BCUT2D eigenvalue weighted by molar-refractivity contribution is 5.96. The summed E-state index contributed by atoms with van der Waals surface area (Å²) in [5.41, 5.74) is 3.59. The summed E-state index contributed by atoms with van der Waals surface area (Å²) in [7, 11) is 0. The molecule has 0 bridgehead atoms. The van der Waals surface area contributed by atoms with Crippen molar-refractivity contribution >= 4 is 5.91 Å². The highest BCUT2D eigenvalue weighted by Crippen LogP contribution is 2.22. The molecule has 3 aromatic rings. The van der Waals surface area contributed by atoms with Crippen molar-refractivity contribution < 1.29 is 9.32 Å². The van der Waals surface area contributed by atoms with Gasteiger partial charge in [0.1, 0.15) is 11.3 Å². The molecule has 1 atom stereocenters. The summed E-state index contributed by atoms with van der Waals surface area (Å²) in [4.78, 5) is 12.8. The van der Waals surface area contributed by atoms with Gasteiger partial charge in [0.05, 0.1) is 11.7 Å². The summed E-state index contributed by atoms with van der Waals surface area (Å²) in [6, 6.07) is 20.5. The van der Waals surface area contributed by atoms with E-state index in [0.29, 0.717) is 17.0 Å². The summed E-state index contributed by atoms with van der Waals surface area (Å²) in [6.07, 6.45) is 2.85. The molecule has 26 heavy (non-hydrogen) atoms. The fraction of sp³-hybridized carbons (Fsp3) is 0.273. The minimum atomic E-state index is -0.130. The lowest BCUT2D eigenvalue weighted by Crippen LogP contribution is -2.29. The number of nitrogens with zero attached hydrogens (tertiary/aromatic N) is 1. The lowest BCUT2D eigenvalue weighted by molar-refractivity contribution is 0.0932. The summed E-state index contributed by atoms with van der Waals surface area (Å²) < 4.78 is 5.13. The van der Waals surface area contributed by atoms with E-state index in [1.54, 1.807) is 13.8 Å². The van der Waals surface area contributed by atoms with Crippen molar-refractivity contribution in [3.05, 3.63) is 88.8 Å². The van der Waals surface area contributed by atoms with E-state index >= 15 is 0 Å². The largest absolute Gasteiger partial charge is 0.361 e. The fourth-order valence-electron chi connectivity index (χ4n) is 3.20. The second-order valence-electron chi connectivity index (χ2n) is 6.51. The van der Waals surface area contributed by atoms with E-state index in [1.165, 1.54) is 5.56 Å². The van der Waals surface area contributed by atoms with Crippen molar-refractivity contribution in [1.82, 2.24) is 10.5 Å². The molecule has 1 aromatic heterocycles. The highest BCUT2D eigenvalue weighted by atomic mass is 16.5. The van der Waals surface area contributed by atoms with Crippen LogP contribution in [0.5, 0.6) is 0 Å². The van der Waals surface area contributed by atoms with Gasteiger partial charge < -0.3 is 9.84 Å². The molecule has 0 saturated carbocycles. The van der Waals surface area contributed by atoms with Gasteiger partial charge in [0.2, 0.25) is 0 Å². The molecular weight excluding hydrogens is 324 g/mol. The van der Waals surface area contributed by atoms with E-state index in [0.717, 1.165) is 24.8 Å². The van der Waals surface area contributed by atoms with Gasteiger partial charge in [0.15, 0.2) is 0 Å². The van der Waals surface area contributed by atoms with Gasteiger partial charge in [-0.1, -0.05) is 65.8 Å². The number of carbonyl (C=O) groups is 1. The lowest BCUT2D eigenvalue weighted by atomic mass is 9.98. The number of aromatic nitrogens is 1. The molecule has 2 aromatic carbocycles. The summed E-state index contributed by atoms with van der Waals surface area (Å²) >= 11 is 0. The average molecular weight is 348 g/mol. The lowest BCUT2D eigenvalue weighted by Gasteiger charge is -2.19. The van der Waals surface area contributed by atoms with Gasteiger partial charge in [-0.25, -0.2) is 0 Å². The molecule has 0 aliphatic heterocycles. The van der Waals surface area contributed by atoms with E-state index < -0.39 is 0 Å². The molecule has 0 fully saturated rings. The summed E-state index contributed by atoms with van der Waals surface area (Å²) in [5.74, 6) is 0.422. The van der Waals surface area contributed by atoms with E-state index in [9.17, 15) is 4.79 Å². The Bertz CT molecular complexity index is 822. The first-order valence-corrected chi connectivity index (χ1v) is 8.97. The van der Waals surface area contributed by atoms with Gasteiger partial charge in [0.25, 0.3) is 5.91 Å². The molecule has 1 N–H and O–H groups in total. The van der Waals surface area contributed by atoms with Crippen LogP contribution < -0.4 is 5.32 Å². The number of hydrogen-bond donors (Lipinski definition) is 1. The van der Waals surface area contributed by atoms with E-state index in [4.69, 9.17) is 4.52 Å². The van der Waals surface area contributed by atoms with Crippen LogP contribution in [0.15, 0.2) is 65.2 Å². The first-order chi connectivity index (χ1) is 12.6. The van der Waals surface area contributed by atoms with E-state index in [1.807, 2.05) is 24.3 Å². The van der Waals surface area contributed by atoms with Crippen molar-refractivity contribution in [2.24, 2.45) is 0 Å². The van der Waals surface area contributed by atoms with Gasteiger partial charge >= 0.3 is 0 Å². The number of benzene rings is 2.